The van der Waals surface area contributed by atoms with Gasteiger partial charge in [0.2, 0.25) is 0 Å². The Labute approximate surface area is 167 Å². The minimum absolute atomic E-state index is 0.591. The van der Waals surface area contributed by atoms with E-state index in [2.05, 4.69) is 58.6 Å². The van der Waals surface area contributed by atoms with Crippen molar-refractivity contribution in [1.29, 1.82) is 0 Å². The Bertz CT molecular complexity index is 740. The summed E-state index contributed by atoms with van der Waals surface area (Å²) in [7, 11) is 0. The third-order valence-corrected chi connectivity index (χ3v) is 5.04. The molecular formula is C21H32N6O. The summed E-state index contributed by atoms with van der Waals surface area (Å²) >= 11 is 0. The maximum atomic E-state index is 5.45. The molecule has 0 saturated carbocycles. The summed E-state index contributed by atoms with van der Waals surface area (Å²) in [5, 5.41) is 10.9. The van der Waals surface area contributed by atoms with Crippen LogP contribution in [0.3, 0.4) is 0 Å². The Morgan fingerprint density at radius 1 is 1.14 bits per heavy atom. The van der Waals surface area contributed by atoms with E-state index in [1.807, 2.05) is 6.20 Å². The molecule has 7 nitrogen and oxygen atoms in total. The zero-order valence-corrected chi connectivity index (χ0v) is 17.3. The van der Waals surface area contributed by atoms with Gasteiger partial charge in [0.15, 0.2) is 5.96 Å². The lowest BCUT2D eigenvalue weighted by atomic mass is 10.1. The van der Waals surface area contributed by atoms with Gasteiger partial charge in [-0.1, -0.05) is 25.1 Å². The van der Waals surface area contributed by atoms with E-state index in [1.165, 1.54) is 12.8 Å². The Morgan fingerprint density at radius 3 is 2.61 bits per heavy atom. The van der Waals surface area contributed by atoms with Crippen molar-refractivity contribution in [3.8, 4) is 0 Å². The topological polar surface area (TPSA) is 78.6 Å². The molecule has 0 aliphatic carbocycles. The normalized spacial score (nSPS) is 14.5. The summed E-state index contributed by atoms with van der Waals surface area (Å²) in [6, 6.07) is 4.23. The summed E-state index contributed by atoms with van der Waals surface area (Å²) in [6.45, 7) is 10.5. The fourth-order valence-corrected chi connectivity index (χ4v) is 3.47. The smallest absolute Gasteiger partial charge is 0.191 e. The van der Waals surface area contributed by atoms with Crippen LogP contribution in [-0.4, -0.2) is 35.7 Å². The molecule has 1 aliphatic rings. The number of nitrogens with one attached hydrogen (secondary N) is 2. The molecule has 0 spiro atoms. The predicted molar refractivity (Wildman–Crippen MR) is 113 cm³/mol. The lowest BCUT2D eigenvalue weighted by Crippen LogP contribution is -2.37. The number of aromatic nitrogens is 2. The zero-order chi connectivity index (χ0) is 19.8. The Morgan fingerprint density at radius 2 is 1.96 bits per heavy atom. The first-order chi connectivity index (χ1) is 13.7. The van der Waals surface area contributed by atoms with Crippen molar-refractivity contribution in [2.24, 2.45) is 4.99 Å². The first kappa shape index (κ1) is 20.2. The zero-order valence-electron chi connectivity index (χ0n) is 17.3. The van der Waals surface area contributed by atoms with Gasteiger partial charge in [0.25, 0.3) is 0 Å². The number of guanidine groups is 1. The van der Waals surface area contributed by atoms with Crippen LogP contribution in [0.5, 0.6) is 0 Å². The largest absolute Gasteiger partial charge is 0.361 e. The second kappa shape index (κ2) is 10.1. The van der Waals surface area contributed by atoms with Gasteiger partial charge in [-0.3, -0.25) is 0 Å². The molecule has 7 heteroatoms. The van der Waals surface area contributed by atoms with Crippen LogP contribution in [-0.2, 0) is 25.9 Å². The third-order valence-electron chi connectivity index (χ3n) is 5.04. The molecule has 1 aliphatic heterocycles. The van der Waals surface area contributed by atoms with Crippen LogP contribution in [0.2, 0.25) is 0 Å². The lowest BCUT2D eigenvalue weighted by molar-refractivity contribution is 0.380. The van der Waals surface area contributed by atoms with Crippen LogP contribution in [0.15, 0.2) is 27.8 Å². The van der Waals surface area contributed by atoms with E-state index in [0.717, 1.165) is 66.8 Å². The molecule has 28 heavy (non-hydrogen) atoms. The summed E-state index contributed by atoms with van der Waals surface area (Å²) in [5.74, 6) is 2.81. The van der Waals surface area contributed by atoms with Gasteiger partial charge in [-0.15, -0.1) is 0 Å². The first-order valence-corrected chi connectivity index (χ1v) is 10.4. The van der Waals surface area contributed by atoms with Crippen molar-refractivity contribution >= 4 is 11.8 Å². The van der Waals surface area contributed by atoms with Crippen LogP contribution in [0.25, 0.3) is 0 Å². The number of anilines is 1. The Hall–Kier alpha value is -2.57. The van der Waals surface area contributed by atoms with Crippen LogP contribution in [0.1, 0.15) is 56.2 Å². The molecule has 2 aromatic heterocycles. The molecule has 0 aromatic carbocycles. The lowest BCUT2D eigenvalue weighted by Gasteiger charge is -2.16. The highest BCUT2D eigenvalue weighted by molar-refractivity contribution is 5.79. The molecule has 2 N–H and O–H groups in total. The molecule has 0 bridgehead atoms. The molecule has 3 heterocycles. The number of aliphatic imine (C=N–C) groups is 1. The average molecular weight is 385 g/mol. The van der Waals surface area contributed by atoms with Crippen LogP contribution < -0.4 is 15.5 Å². The van der Waals surface area contributed by atoms with E-state index in [9.17, 15) is 0 Å². The number of hydrogen-bond acceptors (Lipinski definition) is 5. The van der Waals surface area contributed by atoms with E-state index in [0.29, 0.717) is 13.1 Å². The molecule has 0 unspecified atom stereocenters. The van der Waals surface area contributed by atoms with Crippen LogP contribution in [0.4, 0.5) is 5.82 Å². The van der Waals surface area contributed by atoms with Gasteiger partial charge in [-0.2, -0.15) is 0 Å². The number of rotatable bonds is 8. The van der Waals surface area contributed by atoms with Gasteiger partial charge in [0.05, 0.1) is 12.2 Å². The molecule has 3 rings (SSSR count). The van der Waals surface area contributed by atoms with Gasteiger partial charge in [0, 0.05) is 44.4 Å². The van der Waals surface area contributed by atoms with Gasteiger partial charge in [0.1, 0.15) is 11.6 Å². The van der Waals surface area contributed by atoms with Crippen LogP contribution >= 0.6 is 0 Å². The van der Waals surface area contributed by atoms with Crippen molar-refractivity contribution in [3.05, 3.63) is 40.9 Å². The molecule has 0 radical (unpaired) electrons. The Balaban J connectivity index is 1.61. The van der Waals surface area contributed by atoms with Crippen molar-refractivity contribution in [3.63, 3.8) is 0 Å². The summed E-state index contributed by atoms with van der Waals surface area (Å²) in [5.41, 5.74) is 3.27. The molecule has 2 aromatic rings. The minimum Gasteiger partial charge on any atom is -0.361 e. The molecule has 1 saturated heterocycles. The number of aryl methyl sites for hydroxylation is 2. The van der Waals surface area contributed by atoms with E-state index >= 15 is 0 Å². The molecule has 0 atom stereocenters. The van der Waals surface area contributed by atoms with Gasteiger partial charge >= 0.3 is 0 Å². The molecule has 1 fully saturated rings. The van der Waals surface area contributed by atoms with Crippen molar-refractivity contribution in [1.82, 2.24) is 20.8 Å². The maximum absolute atomic E-state index is 5.45. The predicted octanol–water partition coefficient (Wildman–Crippen LogP) is 3.05. The van der Waals surface area contributed by atoms with Gasteiger partial charge in [-0.05, 0) is 37.8 Å². The summed E-state index contributed by atoms with van der Waals surface area (Å²) in [4.78, 5) is 11.7. The first-order valence-electron chi connectivity index (χ1n) is 10.4. The van der Waals surface area contributed by atoms with Gasteiger partial charge in [-0.25, -0.2) is 9.98 Å². The SMILES string of the molecule is CCNC(=NCc1ccc(N2CCCC2)nc1)NCc1c(CC)noc1CC. The fraction of sp³-hybridized carbons (Fsp3) is 0.571. The molecule has 152 valence electrons. The second-order valence-electron chi connectivity index (χ2n) is 7.01. The van der Waals surface area contributed by atoms with E-state index in [-0.39, 0.29) is 0 Å². The highest BCUT2D eigenvalue weighted by Crippen LogP contribution is 2.18. The van der Waals surface area contributed by atoms with Crippen molar-refractivity contribution in [2.75, 3.05) is 24.5 Å². The van der Waals surface area contributed by atoms with Crippen LogP contribution in [0, 0.1) is 0 Å². The number of pyridine rings is 1. The minimum atomic E-state index is 0.591. The van der Waals surface area contributed by atoms with E-state index in [4.69, 9.17) is 9.52 Å². The van der Waals surface area contributed by atoms with Crippen molar-refractivity contribution < 1.29 is 4.52 Å². The maximum Gasteiger partial charge on any atom is 0.191 e. The summed E-state index contributed by atoms with van der Waals surface area (Å²) in [6.07, 6.45) is 6.16. The molecule has 0 amide bonds. The molecular weight excluding hydrogens is 352 g/mol. The van der Waals surface area contributed by atoms with E-state index in [1.54, 1.807) is 0 Å². The monoisotopic (exact) mass is 384 g/mol. The van der Waals surface area contributed by atoms with E-state index < -0.39 is 0 Å². The number of hydrogen-bond donors (Lipinski definition) is 2. The standard InChI is InChI=1S/C21H32N6O/c1-4-18-17(19(5-2)28-26-18)15-25-21(22-6-3)24-14-16-9-10-20(23-13-16)27-11-7-8-12-27/h9-10,13H,4-8,11-12,14-15H2,1-3H3,(H2,22,24,25). The highest BCUT2D eigenvalue weighted by atomic mass is 16.5. The quantitative estimate of drug-likeness (QED) is 0.538. The summed E-state index contributed by atoms with van der Waals surface area (Å²) < 4.78 is 5.45. The second-order valence-corrected chi connectivity index (χ2v) is 7.01. The van der Waals surface area contributed by atoms with Gasteiger partial charge < -0.3 is 20.1 Å². The van der Waals surface area contributed by atoms with Crippen molar-refractivity contribution in [2.45, 2.75) is 59.5 Å². The fourth-order valence-electron chi connectivity index (χ4n) is 3.47. The average Bonchev–Trinajstić information content (AvgIpc) is 3.40. The number of nitrogens with zero attached hydrogens (tertiary/aromatic N) is 4. The third kappa shape index (κ3) is 5.03. The Kier molecular flexibility index (Phi) is 7.28. The highest BCUT2D eigenvalue weighted by Gasteiger charge is 2.14.